The summed E-state index contributed by atoms with van der Waals surface area (Å²) in [5.74, 6) is -0.895. The monoisotopic (exact) mass is 399 g/mol. The van der Waals surface area contributed by atoms with Crippen LogP contribution in [-0.4, -0.2) is 128 Å². The van der Waals surface area contributed by atoms with Crippen molar-refractivity contribution in [1.82, 2.24) is 5.32 Å². The summed E-state index contributed by atoms with van der Waals surface area (Å²) in [6, 6.07) is -1.42. The standard InChI is InChI=1S/C14H25NO12/c16-1-4-8(19)10(21)7(13(24)26-4)15-6(18)3-25-14-12(23)11(22)9(20)5(2-17)27-14/h4-5,7-14,16-17,19-24H,1-3H2,(H,15,18)/t4-,5-,7+,8-,9+,10-,11+,12-,13?,14-/m1/s1. The van der Waals surface area contributed by atoms with Gasteiger partial charge in [0.1, 0.15) is 55.4 Å². The van der Waals surface area contributed by atoms with Crippen molar-refractivity contribution in [2.75, 3.05) is 19.8 Å². The Hall–Kier alpha value is -0.970. The molecule has 10 atom stereocenters. The zero-order valence-electron chi connectivity index (χ0n) is 14.1. The SMILES string of the molecule is O=C(CO[C@@H]1O[C@H](CO)[C@H](O)[C@H](O)[C@H]1O)N[C@@H]1C(O)O[C@H](CO)[C@@H](O)[C@@H]1O. The minimum Gasteiger partial charge on any atom is -0.394 e. The number of ether oxygens (including phenoxy) is 3. The van der Waals surface area contributed by atoms with Gasteiger partial charge in [0.15, 0.2) is 12.6 Å². The van der Waals surface area contributed by atoms with Crippen LogP contribution in [0.3, 0.4) is 0 Å². The van der Waals surface area contributed by atoms with Crippen LogP contribution >= 0.6 is 0 Å². The number of rotatable bonds is 6. The summed E-state index contributed by atoms with van der Waals surface area (Å²) in [7, 11) is 0. The summed E-state index contributed by atoms with van der Waals surface area (Å²) in [6.07, 6.45) is -13.8. The molecule has 0 bridgehead atoms. The van der Waals surface area contributed by atoms with Gasteiger partial charge in [-0.3, -0.25) is 4.79 Å². The van der Waals surface area contributed by atoms with E-state index in [1.54, 1.807) is 0 Å². The van der Waals surface area contributed by atoms with Crippen LogP contribution in [0.1, 0.15) is 0 Å². The molecule has 27 heavy (non-hydrogen) atoms. The maximum atomic E-state index is 12.0. The summed E-state index contributed by atoms with van der Waals surface area (Å²) < 4.78 is 15.0. The van der Waals surface area contributed by atoms with Gasteiger partial charge in [-0.05, 0) is 0 Å². The highest BCUT2D eigenvalue weighted by Crippen LogP contribution is 2.22. The van der Waals surface area contributed by atoms with E-state index in [1.165, 1.54) is 0 Å². The van der Waals surface area contributed by atoms with Gasteiger partial charge >= 0.3 is 0 Å². The maximum absolute atomic E-state index is 12.0. The van der Waals surface area contributed by atoms with Gasteiger partial charge in [0.25, 0.3) is 0 Å². The Balaban J connectivity index is 1.88. The summed E-state index contributed by atoms with van der Waals surface area (Å²) in [5.41, 5.74) is 0. The summed E-state index contributed by atoms with van der Waals surface area (Å²) in [6.45, 7) is -2.08. The summed E-state index contributed by atoms with van der Waals surface area (Å²) in [4.78, 5) is 12.0. The van der Waals surface area contributed by atoms with Crippen LogP contribution in [0.5, 0.6) is 0 Å². The fourth-order valence-electron chi connectivity index (χ4n) is 2.84. The third kappa shape index (κ3) is 4.90. The van der Waals surface area contributed by atoms with Gasteiger partial charge in [-0.15, -0.1) is 0 Å². The first-order valence-corrected chi connectivity index (χ1v) is 8.23. The first-order valence-electron chi connectivity index (χ1n) is 8.23. The average molecular weight is 399 g/mol. The normalized spacial score (nSPS) is 45.5. The Morgan fingerprint density at radius 2 is 1.37 bits per heavy atom. The lowest BCUT2D eigenvalue weighted by molar-refractivity contribution is -0.299. The largest absolute Gasteiger partial charge is 0.394 e. The van der Waals surface area contributed by atoms with Gasteiger partial charge in [-0.2, -0.15) is 0 Å². The molecule has 158 valence electrons. The minimum atomic E-state index is -1.71. The van der Waals surface area contributed by atoms with Gasteiger partial charge in [0, 0.05) is 0 Å². The predicted octanol–water partition coefficient (Wildman–Crippen LogP) is -6.28. The molecule has 1 amide bonds. The Morgan fingerprint density at radius 1 is 0.815 bits per heavy atom. The third-order valence-electron chi connectivity index (χ3n) is 4.45. The van der Waals surface area contributed by atoms with Gasteiger partial charge in [0.2, 0.25) is 5.91 Å². The summed E-state index contributed by atoms with van der Waals surface area (Å²) in [5, 5.41) is 78.8. The van der Waals surface area contributed by atoms with Gasteiger partial charge in [-0.1, -0.05) is 0 Å². The van der Waals surface area contributed by atoms with Crippen molar-refractivity contribution < 1.29 is 59.9 Å². The van der Waals surface area contributed by atoms with Crippen LogP contribution in [-0.2, 0) is 19.0 Å². The van der Waals surface area contributed by atoms with Crippen LogP contribution in [0.4, 0.5) is 0 Å². The van der Waals surface area contributed by atoms with Crippen molar-refractivity contribution >= 4 is 5.91 Å². The van der Waals surface area contributed by atoms with E-state index in [1.807, 2.05) is 0 Å². The molecule has 0 aromatic carbocycles. The van der Waals surface area contributed by atoms with Gasteiger partial charge < -0.3 is 60.4 Å². The van der Waals surface area contributed by atoms with E-state index in [-0.39, 0.29) is 0 Å². The van der Waals surface area contributed by atoms with Crippen molar-refractivity contribution in [2.45, 2.75) is 61.3 Å². The molecular weight excluding hydrogens is 374 g/mol. The zero-order valence-corrected chi connectivity index (χ0v) is 14.1. The topological polar surface area (TPSA) is 219 Å². The van der Waals surface area contributed by atoms with Crippen LogP contribution in [0.15, 0.2) is 0 Å². The second-order valence-corrected chi connectivity index (χ2v) is 6.33. The van der Waals surface area contributed by atoms with Crippen molar-refractivity contribution in [3.8, 4) is 0 Å². The number of aliphatic hydroxyl groups excluding tert-OH is 8. The fraction of sp³-hybridized carbons (Fsp3) is 0.929. The molecule has 2 aliphatic heterocycles. The third-order valence-corrected chi connectivity index (χ3v) is 4.45. The second kappa shape index (κ2) is 9.49. The van der Waals surface area contributed by atoms with E-state index in [9.17, 15) is 35.4 Å². The Morgan fingerprint density at radius 3 is 1.96 bits per heavy atom. The molecule has 0 saturated carbocycles. The Bertz CT molecular complexity index is 493. The molecule has 9 N–H and O–H groups in total. The van der Waals surface area contributed by atoms with E-state index >= 15 is 0 Å². The molecule has 2 aliphatic rings. The Kier molecular flexibility index (Phi) is 7.84. The van der Waals surface area contributed by atoms with E-state index < -0.39 is 87.1 Å². The number of aliphatic hydroxyl groups is 8. The molecule has 2 rings (SSSR count). The summed E-state index contributed by atoms with van der Waals surface area (Å²) >= 11 is 0. The molecule has 13 nitrogen and oxygen atoms in total. The van der Waals surface area contributed by atoms with Crippen LogP contribution in [0.2, 0.25) is 0 Å². The first kappa shape index (κ1) is 22.3. The number of carbonyl (C=O) groups excluding carboxylic acids is 1. The highest BCUT2D eigenvalue weighted by molar-refractivity contribution is 5.77. The molecular formula is C14H25NO12. The smallest absolute Gasteiger partial charge is 0.246 e. The lowest BCUT2D eigenvalue weighted by Crippen LogP contribution is -2.64. The van der Waals surface area contributed by atoms with Gasteiger partial charge in [-0.25, -0.2) is 0 Å². The number of hydrogen-bond acceptors (Lipinski definition) is 12. The lowest BCUT2D eigenvalue weighted by Gasteiger charge is -2.41. The number of carbonyl (C=O) groups is 1. The molecule has 1 unspecified atom stereocenters. The molecule has 13 heteroatoms. The van der Waals surface area contributed by atoms with E-state index in [2.05, 4.69) is 5.32 Å². The minimum absolute atomic E-state index is 0.657. The number of hydrogen-bond donors (Lipinski definition) is 9. The molecule has 2 fully saturated rings. The van der Waals surface area contributed by atoms with E-state index in [0.717, 1.165) is 0 Å². The first-order chi connectivity index (χ1) is 12.7. The van der Waals surface area contributed by atoms with E-state index in [4.69, 9.17) is 24.4 Å². The lowest BCUT2D eigenvalue weighted by atomic mass is 9.97. The average Bonchev–Trinajstić information content (AvgIpc) is 2.65. The molecule has 2 heterocycles. The van der Waals surface area contributed by atoms with E-state index in [0.29, 0.717) is 0 Å². The van der Waals surface area contributed by atoms with Crippen molar-refractivity contribution in [3.63, 3.8) is 0 Å². The predicted molar refractivity (Wildman–Crippen MR) is 81.6 cm³/mol. The maximum Gasteiger partial charge on any atom is 0.246 e. The van der Waals surface area contributed by atoms with Crippen LogP contribution < -0.4 is 5.32 Å². The zero-order chi connectivity index (χ0) is 20.3. The number of nitrogens with one attached hydrogen (secondary N) is 1. The molecule has 2 saturated heterocycles. The van der Waals surface area contributed by atoms with Crippen molar-refractivity contribution in [3.05, 3.63) is 0 Å². The molecule has 0 aromatic rings. The van der Waals surface area contributed by atoms with Crippen LogP contribution in [0.25, 0.3) is 0 Å². The second-order valence-electron chi connectivity index (χ2n) is 6.33. The number of amides is 1. The highest BCUT2D eigenvalue weighted by atomic mass is 16.7. The van der Waals surface area contributed by atoms with Crippen LogP contribution in [0, 0.1) is 0 Å². The molecule has 0 aliphatic carbocycles. The molecule has 0 spiro atoms. The van der Waals surface area contributed by atoms with Crippen molar-refractivity contribution in [1.29, 1.82) is 0 Å². The highest BCUT2D eigenvalue weighted by Gasteiger charge is 2.46. The molecule has 0 radical (unpaired) electrons. The van der Waals surface area contributed by atoms with Gasteiger partial charge in [0.05, 0.1) is 13.2 Å². The molecule has 0 aromatic heterocycles. The van der Waals surface area contributed by atoms with Crippen molar-refractivity contribution in [2.24, 2.45) is 0 Å². The quantitative estimate of drug-likeness (QED) is 0.204. The fourth-order valence-corrected chi connectivity index (χ4v) is 2.84. The Labute approximate surface area is 153 Å².